The maximum Gasteiger partial charge on any atom is 0.257 e. The lowest BCUT2D eigenvalue weighted by atomic mass is 9.72. The summed E-state index contributed by atoms with van der Waals surface area (Å²) < 4.78 is 26.7. The van der Waals surface area contributed by atoms with Gasteiger partial charge in [-0.2, -0.15) is 5.26 Å². The van der Waals surface area contributed by atoms with E-state index in [-0.39, 0.29) is 16.0 Å². The molecule has 0 spiro atoms. The van der Waals surface area contributed by atoms with Crippen molar-refractivity contribution in [2.75, 3.05) is 5.32 Å². The van der Waals surface area contributed by atoms with E-state index in [1.165, 1.54) is 11.3 Å². The number of rotatable bonds is 2. The SMILES string of the molecule is CC(C)(C)C1CCc2c(sc(NC(=O)c3cc(F)c(F)cc3Cl)c2C#N)C1. The molecule has 1 aromatic heterocycles. The van der Waals surface area contributed by atoms with Crippen LogP contribution in [0.4, 0.5) is 13.8 Å². The molecule has 7 heteroatoms. The highest BCUT2D eigenvalue weighted by atomic mass is 35.5. The Labute approximate surface area is 166 Å². The zero-order chi connectivity index (χ0) is 19.9. The van der Waals surface area contributed by atoms with Crippen LogP contribution >= 0.6 is 22.9 Å². The molecule has 0 saturated carbocycles. The van der Waals surface area contributed by atoms with E-state index < -0.39 is 17.5 Å². The van der Waals surface area contributed by atoms with Gasteiger partial charge in [0.1, 0.15) is 11.1 Å². The molecule has 1 aromatic carbocycles. The predicted molar refractivity (Wildman–Crippen MR) is 103 cm³/mol. The predicted octanol–water partition coefficient (Wildman–Crippen LogP) is 5.95. The summed E-state index contributed by atoms with van der Waals surface area (Å²) in [6.45, 7) is 6.61. The van der Waals surface area contributed by atoms with Gasteiger partial charge < -0.3 is 5.32 Å². The summed E-state index contributed by atoms with van der Waals surface area (Å²) in [6.07, 6.45) is 2.64. The largest absolute Gasteiger partial charge is 0.312 e. The van der Waals surface area contributed by atoms with E-state index in [0.29, 0.717) is 16.5 Å². The van der Waals surface area contributed by atoms with Crippen molar-refractivity contribution >= 4 is 33.8 Å². The second-order valence-electron chi connectivity index (χ2n) is 7.83. The molecule has 1 aliphatic carbocycles. The quantitative estimate of drug-likeness (QED) is 0.624. The molecule has 0 aliphatic heterocycles. The van der Waals surface area contributed by atoms with Crippen molar-refractivity contribution in [1.29, 1.82) is 5.26 Å². The van der Waals surface area contributed by atoms with Gasteiger partial charge in [-0.1, -0.05) is 32.4 Å². The molecule has 142 valence electrons. The number of nitriles is 1. The summed E-state index contributed by atoms with van der Waals surface area (Å²) >= 11 is 7.25. The minimum Gasteiger partial charge on any atom is -0.312 e. The monoisotopic (exact) mass is 408 g/mol. The highest BCUT2D eigenvalue weighted by molar-refractivity contribution is 7.16. The van der Waals surface area contributed by atoms with Crippen molar-refractivity contribution in [3.05, 3.63) is 50.4 Å². The van der Waals surface area contributed by atoms with Gasteiger partial charge in [-0.25, -0.2) is 8.78 Å². The van der Waals surface area contributed by atoms with Gasteiger partial charge in [0.15, 0.2) is 11.6 Å². The first-order valence-electron chi connectivity index (χ1n) is 8.62. The maximum atomic E-state index is 13.5. The molecule has 1 atom stereocenters. The van der Waals surface area contributed by atoms with Crippen molar-refractivity contribution in [2.45, 2.75) is 40.0 Å². The molecule has 27 heavy (non-hydrogen) atoms. The number of hydrogen-bond acceptors (Lipinski definition) is 3. The molecule has 1 aliphatic rings. The maximum absolute atomic E-state index is 13.5. The van der Waals surface area contributed by atoms with Crippen LogP contribution in [-0.2, 0) is 12.8 Å². The molecule has 0 fully saturated rings. The Bertz CT molecular complexity index is 956. The number of halogens is 3. The van der Waals surface area contributed by atoms with E-state index >= 15 is 0 Å². The van der Waals surface area contributed by atoms with Crippen LogP contribution in [0.25, 0.3) is 0 Å². The lowest BCUT2D eigenvalue weighted by Crippen LogP contribution is -2.26. The number of carbonyl (C=O) groups is 1. The fourth-order valence-electron chi connectivity index (χ4n) is 3.40. The lowest BCUT2D eigenvalue weighted by molar-refractivity contribution is 0.102. The van der Waals surface area contributed by atoms with Crippen LogP contribution in [0.5, 0.6) is 0 Å². The van der Waals surface area contributed by atoms with Crippen LogP contribution in [0.2, 0.25) is 5.02 Å². The van der Waals surface area contributed by atoms with Gasteiger partial charge in [0.2, 0.25) is 0 Å². The highest BCUT2D eigenvalue weighted by Gasteiger charge is 2.32. The average Bonchev–Trinajstić information content (AvgIpc) is 2.93. The minimum absolute atomic E-state index is 0.164. The first kappa shape index (κ1) is 19.8. The molecule has 1 amide bonds. The Morgan fingerprint density at radius 1 is 1.33 bits per heavy atom. The zero-order valence-electron chi connectivity index (χ0n) is 15.3. The third-order valence-corrected chi connectivity index (χ3v) is 6.57. The number of carbonyl (C=O) groups excluding carboxylic acids is 1. The summed E-state index contributed by atoms with van der Waals surface area (Å²) in [5.74, 6) is -2.43. The number of nitrogens with one attached hydrogen (secondary N) is 1. The van der Waals surface area contributed by atoms with Crippen LogP contribution < -0.4 is 5.32 Å². The van der Waals surface area contributed by atoms with Crippen molar-refractivity contribution in [3.63, 3.8) is 0 Å². The molecular formula is C20H19ClF2N2OS. The fraction of sp³-hybridized carbons (Fsp3) is 0.400. The molecule has 2 aromatic rings. The van der Waals surface area contributed by atoms with Gasteiger partial charge in [0, 0.05) is 4.88 Å². The lowest BCUT2D eigenvalue weighted by Gasteiger charge is -2.33. The fourth-order valence-corrected chi connectivity index (χ4v) is 4.91. The van der Waals surface area contributed by atoms with E-state index in [4.69, 9.17) is 11.6 Å². The number of benzene rings is 1. The number of amides is 1. The van der Waals surface area contributed by atoms with E-state index in [1.54, 1.807) is 0 Å². The smallest absolute Gasteiger partial charge is 0.257 e. The zero-order valence-corrected chi connectivity index (χ0v) is 16.8. The van der Waals surface area contributed by atoms with Gasteiger partial charge in [-0.3, -0.25) is 4.79 Å². The molecule has 0 radical (unpaired) electrons. The van der Waals surface area contributed by atoms with Crippen LogP contribution in [0.1, 0.15) is 53.6 Å². The number of thiophene rings is 1. The topological polar surface area (TPSA) is 52.9 Å². The third-order valence-electron chi connectivity index (χ3n) is 5.08. The first-order valence-corrected chi connectivity index (χ1v) is 9.81. The van der Waals surface area contributed by atoms with Crippen molar-refractivity contribution in [2.24, 2.45) is 11.3 Å². The van der Waals surface area contributed by atoms with Gasteiger partial charge in [-0.15, -0.1) is 11.3 Å². The molecule has 3 nitrogen and oxygen atoms in total. The molecule has 0 bridgehead atoms. The van der Waals surface area contributed by atoms with Gasteiger partial charge in [0.25, 0.3) is 5.91 Å². The molecule has 0 saturated heterocycles. The summed E-state index contributed by atoms with van der Waals surface area (Å²) in [5.41, 5.74) is 1.43. The summed E-state index contributed by atoms with van der Waals surface area (Å²) in [7, 11) is 0. The summed E-state index contributed by atoms with van der Waals surface area (Å²) in [5, 5.41) is 12.5. The Hall–Kier alpha value is -1.97. The van der Waals surface area contributed by atoms with Crippen LogP contribution in [0, 0.1) is 34.3 Å². The van der Waals surface area contributed by atoms with Crippen molar-refractivity contribution < 1.29 is 13.6 Å². The standard InChI is InChI=1S/C20H19ClF2N2OS/c1-20(2,3)10-4-5-11-13(9-24)19(27-17(11)6-10)25-18(26)12-7-15(22)16(23)8-14(12)21/h7-8,10H,4-6H2,1-3H3,(H,25,26). The average molecular weight is 409 g/mol. The second-order valence-corrected chi connectivity index (χ2v) is 9.34. The highest BCUT2D eigenvalue weighted by Crippen LogP contribution is 2.44. The van der Waals surface area contributed by atoms with Crippen molar-refractivity contribution in [3.8, 4) is 6.07 Å². The third kappa shape index (κ3) is 3.85. The van der Waals surface area contributed by atoms with E-state index in [0.717, 1.165) is 41.8 Å². The first-order chi connectivity index (χ1) is 12.6. The van der Waals surface area contributed by atoms with E-state index in [2.05, 4.69) is 32.2 Å². The Balaban J connectivity index is 1.91. The minimum atomic E-state index is -1.15. The number of fused-ring (bicyclic) bond motifs is 1. The molecular weight excluding hydrogens is 390 g/mol. The number of hydrogen-bond donors (Lipinski definition) is 1. The molecule has 1 heterocycles. The number of anilines is 1. The normalized spacial score (nSPS) is 16.6. The summed E-state index contributed by atoms with van der Waals surface area (Å²) in [4.78, 5) is 13.6. The van der Waals surface area contributed by atoms with Gasteiger partial charge in [-0.05, 0) is 48.3 Å². The molecule has 1 unspecified atom stereocenters. The Morgan fingerprint density at radius 2 is 2.00 bits per heavy atom. The second kappa shape index (κ2) is 7.21. The van der Waals surface area contributed by atoms with Crippen molar-refractivity contribution in [1.82, 2.24) is 0 Å². The van der Waals surface area contributed by atoms with Gasteiger partial charge in [0.05, 0.1) is 16.1 Å². The van der Waals surface area contributed by atoms with Crippen LogP contribution in [0.3, 0.4) is 0 Å². The molecule has 3 rings (SSSR count). The molecule has 1 N–H and O–H groups in total. The van der Waals surface area contributed by atoms with E-state index in [9.17, 15) is 18.8 Å². The summed E-state index contributed by atoms with van der Waals surface area (Å²) in [6, 6.07) is 3.71. The van der Waals surface area contributed by atoms with Crippen LogP contribution in [-0.4, -0.2) is 5.91 Å². The Kier molecular flexibility index (Phi) is 5.29. The van der Waals surface area contributed by atoms with Gasteiger partial charge >= 0.3 is 0 Å². The van der Waals surface area contributed by atoms with Crippen LogP contribution in [0.15, 0.2) is 12.1 Å². The number of nitrogens with zero attached hydrogens (tertiary/aromatic N) is 1. The van der Waals surface area contributed by atoms with E-state index in [1.807, 2.05) is 0 Å². The Morgan fingerprint density at radius 3 is 2.63 bits per heavy atom.